The molecule has 3 aromatic rings. The molecule has 0 aliphatic rings. The molecule has 1 N–H and O–H groups in total. The van der Waals surface area contributed by atoms with Crippen molar-refractivity contribution in [1.29, 1.82) is 0 Å². The number of nitrogens with one attached hydrogen (secondary N) is 1. The van der Waals surface area contributed by atoms with Gasteiger partial charge in [-0.2, -0.15) is 0 Å². The van der Waals surface area contributed by atoms with Gasteiger partial charge in [0.05, 0.1) is 6.04 Å². The predicted molar refractivity (Wildman–Crippen MR) is 103 cm³/mol. The van der Waals surface area contributed by atoms with Crippen molar-refractivity contribution in [1.82, 2.24) is 5.32 Å². The van der Waals surface area contributed by atoms with Gasteiger partial charge in [0.25, 0.3) is 5.91 Å². The van der Waals surface area contributed by atoms with E-state index in [-0.39, 0.29) is 11.9 Å². The Morgan fingerprint density at radius 1 is 0.760 bits per heavy atom. The highest BCUT2D eigenvalue weighted by molar-refractivity contribution is 5.96. The first-order valence-electron chi connectivity index (χ1n) is 8.54. The molecule has 3 aromatic carbocycles. The molecular weight excluding hydrogens is 306 g/mol. The topological polar surface area (TPSA) is 29.1 Å². The Kier molecular flexibility index (Phi) is 4.99. The number of rotatable bonds is 4. The maximum Gasteiger partial charge on any atom is 0.252 e. The van der Waals surface area contributed by atoms with Crippen LogP contribution in [0.3, 0.4) is 0 Å². The Bertz CT molecular complexity index is 866. The molecule has 2 nitrogen and oxygen atoms in total. The van der Waals surface area contributed by atoms with Crippen LogP contribution in [0, 0.1) is 20.8 Å². The summed E-state index contributed by atoms with van der Waals surface area (Å²) in [4.78, 5) is 12.9. The van der Waals surface area contributed by atoms with Gasteiger partial charge in [0.1, 0.15) is 0 Å². The summed E-state index contributed by atoms with van der Waals surface area (Å²) in [6, 6.07) is 24.1. The zero-order valence-corrected chi connectivity index (χ0v) is 14.9. The van der Waals surface area contributed by atoms with Crippen molar-refractivity contribution in [3.05, 3.63) is 106 Å². The zero-order chi connectivity index (χ0) is 17.8. The second-order valence-electron chi connectivity index (χ2n) is 6.55. The van der Waals surface area contributed by atoms with E-state index >= 15 is 0 Å². The number of benzene rings is 3. The van der Waals surface area contributed by atoms with Crippen LogP contribution in [0.15, 0.2) is 72.8 Å². The third-order valence-corrected chi connectivity index (χ3v) is 4.45. The molecule has 1 atom stereocenters. The molecule has 1 amide bonds. The van der Waals surface area contributed by atoms with Crippen molar-refractivity contribution < 1.29 is 4.79 Å². The maximum atomic E-state index is 12.9. The van der Waals surface area contributed by atoms with E-state index in [1.165, 1.54) is 5.56 Å². The number of aryl methyl sites for hydroxylation is 3. The van der Waals surface area contributed by atoms with E-state index in [4.69, 9.17) is 0 Å². The minimum atomic E-state index is -0.171. The normalized spacial score (nSPS) is 11.8. The molecular formula is C23H23NO. The van der Waals surface area contributed by atoms with Gasteiger partial charge < -0.3 is 5.32 Å². The molecule has 0 spiro atoms. The first-order chi connectivity index (χ1) is 12.0. The summed E-state index contributed by atoms with van der Waals surface area (Å²) in [6.45, 7) is 6.08. The van der Waals surface area contributed by atoms with Crippen LogP contribution in [0.1, 0.15) is 44.2 Å². The Morgan fingerprint density at radius 3 is 2.00 bits per heavy atom. The number of amides is 1. The Labute approximate surface area is 149 Å². The molecule has 0 fully saturated rings. The van der Waals surface area contributed by atoms with Crippen LogP contribution in [0.25, 0.3) is 0 Å². The fourth-order valence-electron chi connectivity index (χ4n) is 3.04. The molecule has 25 heavy (non-hydrogen) atoms. The zero-order valence-electron chi connectivity index (χ0n) is 14.9. The lowest BCUT2D eigenvalue weighted by Crippen LogP contribution is -2.29. The molecule has 1 unspecified atom stereocenters. The second-order valence-corrected chi connectivity index (χ2v) is 6.55. The molecule has 2 heteroatoms. The number of carbonyl (C=O) groups is 1. The van der Waals surface area contributed by atoms with Gasteiger partial charge in [-0.05, 0) is 43.5 Å². The van der Waals surface area contributed by atoms with Crippen LogP contribution in [-0.2, 0) is 0 Å². The first kappa shape index (κ1) is 17.0. The van der Waals surface area contributed by atoms with Crippen LogP contribution >= 0.6 is 0 Å². The molecule has 0 saturated heterocycles. The second kappa shape index (κ2) is 7.35. The highest BCUT2D eigenvalue weighted by Crippen LogP contribution is 2.23. The predicted octanol–water partition coefficient (Wildman–Crippen LogP) is 5.13. The van der Waals surface area contributed by atoms with Crippen molar-refractivity contribution in [2.24, 2.45) is 0 Å². The third kappa shape index (κ3) is 3.97. The maximum absolute atomic E-state index is 12.9. The summed E-state index contributed by atoms with van der Waals surface area (Å²) in [6.07, 6.45) is 0. The van der Waals surface area contributed by atoms with Crippen molar-refractivity contribution in [3.63, 3.8) is 0 Å². The van der Waals surface area contributed by atoms with Crippen LogP contribution in [0.2, 0.25) is 0 Å². The van der Waals surface area contributed by atoms with Crippen LogP contribution in [0.4, 0.5) is 0 Å². The molecule has 3 rings (SSSR count). The lowest BCUT2D eigenvalue weighted by molar-refractivity contribution is 0.0942. The summed E-state index contributed by atoms with van der Waals surface area (Å²) in [5, 5.41) is 3.21. The van der Waals surface area contributed by atoms with E-state index in [1.54, 1.807) is 0 Å². The molecule has 0 aliphatic carbocycles. The van der Waals surface area contributed by atoms with E-state index in [2.05, 4.69) is 36.5 Å². The van der Waals surface area contributed by atoms with Crippen LogP contribution in [-0.4, -0.2) is 5.91 Å². The van der Waals surface area contributed by atoms with E-state index in [0.717, 1.165) is 27.8 Å². The SMILES string of the molecule is Cc1ccc(C(NC(=O)c2ccc(C)cc2C)c2ccccc2)cc1. The Balaban J connectivity index is 1.95. The monoisotopic (exact) mass is 329 g/mol. The minimum absolute atomic E-state index is 0.0491. The van der Waals surface area contributed by atoms with Crippen molar-refractivity contribution >= 4 is 5.91 Å². The molecule has 0 aliphatic heterocycles. The lowest BCUT2D eigenvalue weighted by Gasteiger charge is -2.21. The standard InChI is InChI=1S/C23H23NO/c1-16-9-12-20(13-10-16)22(19-7-5-4-6-8-19)24-23(25)21-14-11-17(2)15-18(21)3/h4-15,22H,1-3H3,(H,24,25). The van der Waals surface area contributed by atoms with Gasteiger partial charge in [0.2, 0.25) is 0 Å². The van der Waals surface area contributed by atoms with Gasteiger partial charge >= 0.3 is 0 Å². The minimum Gasteiger partial charge on any atom is -0.341 e. The van der Waals surface area contributed by atoms with Crippen molar-refractivity contribution in [2.75, 3.05) is 0 Å². The van der Waals surface area contributed by atoms with Gasteiger partial charge in [-0.1, -0.05) is 77.9 Å². The third-order valence-electron chi connectivity index (χ3n) is 4.45. The fourth-order valence-corrected chi connectivity index (χ4v) is 3.04. The smallest absolute Gasteiger partial charge is 0.252 e. The van der Waals surface area contributed by atoms with Crippen molar-refractivity contribution in [2.45, 2.75) is 26.8 Å². The summed E-state index contributed by atoms with van der Waals surface area (Å²) < 4.78 is 0. The van der Waals surface area contributed by atoms with Crippen LogP contribution in [0.5, 0.6) is 0 Å². The van der Waals surface area contributed by atoms with Gasteiger partial charge in [-0.25, -0.2) is 0 Å². The average molecular weight is 329 g/mol. The Hall–Kier alpha value is -2.87. The summed E-state index contributed by atoms with van der Waals surface area (Å²) >= 11 is 0. The highest BCUT2D eigenvalue weighted by Gasteiger charge is 2.18. The lowest BCUT2D eigenvalue weighted by atomic mass is 9.97. The van der Waals surface area contributed by atoms with Gasteiger partial charge in [0, 0.05) is 5.56 Å². The summed E-state index contributed by atoms with van der Waals surface area (Å²) in [5.74, 6) is -0.0491. The average Bonchev–Trinajstić information content (AvgIpc) is 2.61. The molecule has 0 radical (unpaired) electrons. The highest BCUT2D eigenvalue weighted by atomic mass is 16.1. The molecule has 126 valence electrons. The first-order valence-corrected chi connectivity index (χ1v) is 8.54. The van der Waals surface area contributed by atoms with Crippen molar-refractivity contribution in [3.8, 4) is 0 Å². The van der Waals surface area contributed by atoms with E-state index < -0.39 is 0 Å². The fraction of sp³-hybridized carbons (Fsp3) is 0.174. The Morgan fingerprint density at radius 2 is 1.36 bits per heavy atom. The van der Waals surface area contributed by atoms with Crippen LogP contribution < -0.4 is 5.32 Å². The largest absolute Gasteiger partial charge is 0.341 e. The van der Waals surface area contributed by atoms with E-state index in [1.807, 2.05) is 62.4 Å². The quantitative estimate of drug-likeness (QED) is 0.706. The van der Waals surface area contributed by atoms with Gasteiger partial charge in [-0.15, -0.1) is 0 Å². The molecule has 0 saturated carbocycles. The molecule has 0 heterocycles. The number of carbonyl (C=O) groups excluding carboxylic acids is 1. The summed E-state index contributed by atoms with van der Waals surface area (Å²) in [5.41, 5.74) is 6.23. The molecule has 0 bridgehead atoms. The van der Waals surface area contributed by atoms with E-state index in [0.29, 0.717) is 0 Å². The summed E-state index contributed by atoms with van der Waals surface area (Å²) in [7, 11) is 0. The van der Waals surface area contributed by atoms with Gasteiger partial charge in [0.15, 0.2) is 0 Å². The van der Waals surface area contributed by atoms with Gasteiger partial charge in [-0.3, -0.25) is 4.79 Å². The number of hydrogen-bond acceptors (Lipinski definition) is 1. The van der Waals surface area contributed by atoms with E-state index in [9.17, 15) is 4.79 Å². The number of hydrogen-bond donors (Lipinski definition) is 1. The molecule has 0 aromatic heterocycles.